The lowest BCUT2D eigenvalue weighted by Gasteiger charge is -2.48. The molecule has 2 amide bonds. The molecule has 6 aliphatic rings. The molecule has 1 aromatic carbocycles. The average molecular weight is 724 g/mol. The van der Waals surface area contributed by atoms with Gasteiger partial charge in [0.15, 0.2) is 11.8 Å². The Morgan fingerprint density at radius 1 is 0.962 bits per heavy atom. The van der Waals surface area contributed by atoms with Crippen molar-refractivity contribution in [3.63, 3.8) is 0 Å². The highest BCUT2D eigenvalue weighted by atomic mass is 16.8. The number of nitrogens with one attached hydrogen (secondary N) is 2. The van der Waals surface area contributed by atoms with E-state index in [1.807, 2.05) is 18.2 Å². The maximum Gasteiger partial charge on any atom is 0.327 e. The molecule has 3 N–H and O–H groups in total. The lowest BCUT2D eigenvalue weighted by Crippen LogP contribution is -2.69. The highest BCUT2D eigenvalue weighted by molar-refractivity contribution is 5.94. The molecule has 0 spiro atoms. The highest BCUT2D eigenvalue weighted by Gasteiger charge is 2.76. The zero-order valence-corrected chi connectivity index (χ0v) is 30.8. The molecule has 9 atom stereocenters. The van der Waals surface area contributed by atoms with Gasteiger partial charge in [-0.25, -0.2) is 0 Å². The minimum atomic E-state index is -1.32. The van der Waals surface area contributed by atoms with Crippen LogP contribution in [0, 0.1) is 11.3 Å². The summed E-state index contributed by atoms with van der Waals surface area (Å²) in [6.07, 6.45) is 13.7. The molecule has 1 aromatic rings. The van der Waals surface area contributed by atoms with Crippen LogP contribution in [-0.2, 0) is 44.7 Å². The zero-order chi connectivity index (χ0) is 36.3. The molecular weight excluding hydrogens is 666 g/mol. The summed E-state index contributed by atoms with van der Waals surface area (Å²) < 4.78 is 25.8. The first-order valence-electron chi connectivity index (χ1n) is 19.9. The molecule has 4 heterocycles. The zero-order valence-electron chi connectivity index (χ0n) is 30.8. The van der Waals surface area contributed by atoms with Gasteiger partial charge in [0.1, 0.15) is 29.8 Å². The lowest BCUT2D eigenvalue weighted by atomic mass is 9.62. The van der Waals surface area contributed by atoms with E-state index in [9.17, 15) is 14.4 Å². The largest absolute Gasteiger partial charge is 0.458 e. The van der Waals surface area contributed by atoms with Crippen LogP contribution in [0.2, 0.25) is 0 Å². The van der Waals surface area contributed by atoms with E-state index < -0.39 is 47.6 Å². The molecule has 0 radical (unpaired) electrons. The number of nitrogens with zero attached hydrogens (tertiary/aromatic N) is 1. The van der Waals surface area contributed by atoms with Crippen molar-refractivity contribution in [2.24, 2.45) is 11.3 Å². The fourth-order valence-corrected chi connectivity index (χ4v) is 9.29. The van der Waals surface area contributed by atoms with Gasteiger partial charge in [-0.05, 0) is 49.1 Å². The predicted octanol–water partition coefficient (Wildman–Crippen LogP) is 4.32. The maximum absolute atomic E-state index is 14.6. The molecule has 3 unspecified atom stereocenters. The van der Waals surface area contributed by atoms with Gasteiger partial charge in [-0.15, -0.1) is 0 Å². The van der Waals surface area contributed by atoms with Gasteiger partial charge < -0.3 is 34.7 Å². The number of aliphatic hydroxyl groups excluding tert-OH is 1. The number of unbranched alkanes of at least 4 members (excludes halogenated alkanes) is 4. The van der Waals surface area contributed by atoms with Crippen molar-refractivity contribution in [3.8, 4) is 0 Å². The summed E-state index contributed by atoms with van der Waals surface area (Å²) in [5.41, 5.74) is 0.676. The molecule has 7 rings (SSSR count). The van der Waals surface area contributed by atoms with E-state index in [1.165, 1.54) is 0 Å². The van der Waals surface area contributed by atoms with Gasteiger partial charge in [0.05, 0.1) is 25.4 Å². The fraction of sp³-hybridized carbons (Fsp3) is 0.725. The number of fused-ring (bicyclic) bond motifs is 5. The highest BCUT2D eigenvalue weighted by Crippen LogP contribution is 2.58. The van der Waals surface area contributed by atoms with Gasteiger partial charge in [-0.2, -0.15) is 5.06 Å². The van der Waals surface area contributed by atoms with E-state index in [0.29, 0.717) is 31.0 Å². The minimum absolute atomic E-state index is 0.0352. The SMILES string of the molecule is CCCCCC1(CCCCC)O[C@@H]2[C@H](O1)[C@H]1ON(Cc3ccccc3C=CC3CCC4OC4C3)[C@H]3C(=O)O[C@@H]2C[C@@]13C(=O)NCCC(=O)NCCO. The Morgan fingerprint density at radius 3 is 2.48 bits per heavy atom. The molecule has 2 bridgehead atoms. The molecule has 52 heavy (non-hydrogen) atoms. The number of hydrogen-bond acceptors (Lipinski definition) is 10. The molecular formula is C40H57N3O9. The minimum Gasteiger partial charge on any atom is -0.458 e. The van der Waals surface area contributed by atoms with Gasteiger partial charge in [-0.3, -0.25) is 19.2 Å². The summed E-state index contributed by atoms with van der Waals surface area (Å²) in [6, 6.07) is 7.06. The summed E-state index contributed by atoms with van der Waals surface area (Å²) in [4.78, 5) is 47.9. The topological polar surface area (TPSA) is 148 Å². The second-order valence-electron chi connectivity index (χ2n) is 15.6. The number of carbonyl (C=O) groups excluding carboxylic acids is 3. The van der Waals surface area contributed by atoms with E-state index in [2.05, 4.69) is 42.7 Å². The molecule has 4 saturated heterocycles. The standard InChI is InChI=1S/C40H57N3O9/c1-3-5-9-18-39(19-10-6-4-2)50-33-31-24-40(38(47)42-20-17-32(45)41-21-22-44)35(37(46)49-31)43(52-36(40)34(33)51-39)25-28-12-8-7-11-27(28)15-13-26-14-16-29-30(23-26)48-29/h7-8,11-13,15,26,29-31,33-36,44H,3-6,9-10,14,16-25H2,1-2H3,(H,41,45)(H,42,47)/t26?,29?,30?,31-,33+,34+,35+,36-,40+/m1/s1. The van der Waals surface area contributed by atoms with Crippen molar-refractivity contribution < 1.29 is 43.3 Å². The molecule has 0 aromatic heterocycles. The third-order valence-corrected chi connectivity index (χ3v) is 12.0. The molecule has 2 aliphatic carbocycles. The second-order valence-corrected chi connectivity index (χ2v) is 15.6. The first-order chi connectivity index (χ1) is 25.3. The molecule has 12 heteroatoms. The van der Waals surface area contributed by atoms with Crippen LogP contribution in [0.1, 0.15) is 108 Å². The lowest BCUT2D eigenvalue weighted by molar-refractivity contribution is -0.224. The number of hydroxylamine groups is 2. The van der Waals surface area contributed by atoms with Crippen LogP contribution in [0.5, 0.6) is 0 Å². The first kappa shape index (κ1) is 37.4. The van der Waals surface area contributed by atoms with Crippen LogP contribution in [0.15, 0.2) is 30.3 Å². The van der Waals surface area contributed by atoms with Gasteiger partial charge in [-0.1, -0.05) is 75.9 Å². The number of allylic oxidation sites excluding steroid dienone is 1. The van der Waals surface area contributed by atoms with Gasteiger partial charge in [0, 0.05) is 38.8 Å². The number of ether oxygens (including phenoxy) is 4. The normalized spacial score (nSPS) is 34.1. The van der Waals surface area contributed by atoms with Crippen molar-refractivity contribution in [1.29, 1.82) is 0 Å². The Kier molecular flexibility index (Phi) is 11.7. The summed E-state index contributed by atoms with van der Waals surface area (Å²) in [7, 11) is 0. The average Bonchev–Trinajstić information content (AvgIpc) is 3.69. The Labute approximate surface area is 307 Å². The Morgan fingerprint density at radius 2 is 1.73 bits per heavy atom. The Hall–Kier alpha value is -2.87. The summed E-state index contributed by atoms with van der Waals surface area (Å²) >= 11 is 0. The maximum atomic E-state index is 14.6. The van der Waals surface area contributed by atoms with Crippen LogP contribution in [-0.4, -0.2) is 96.1 Å². The fourth-order valence-electron chi connectivity index (χ4n) is 9.29. The third kappa shape index (κ3) is 7.57. The summed E-state index contributed by atoms with van der Waals surface area (Å²) in [5.74, 6) is -1.54. The third-order valence-electron chi connectivity index (χ3n) is 12.0. The summed E-state index contributed by atoms with van der Waals surface area (Å²) in [6.45, 7) is 4.64. The van der Waals surface area contributed by atoms with Crippen molar-refractivity contribution in [2.75, 3.05) is 19.7 Å². The van der Waals surface area contributed by atoms with Crippen LogP contribution in [0.25, 0.3) is 6.08 Å². The number of hydrogen-bond donors (Lipinski definition) is 3. The number of epoxide rings is 1. The summed E-state index contributed by atoms with van der Waals surface area (Å²) in [5, 5.41) is 16.3. The van der Waals surface area contributed by atoms with Crippen LogP contribution in [0.4, 0.5) is 0 Å². The number of rotatable bonds is 18. The molecule has 6 fully saturated rings. The number of esters is 1. The molecule has 4 aliphatic heterocycles. The Balaban J connectivity index is 1.17. The number of carbonyl (C=O) groups is 3. The van der Waals surface area contributed by atoms with Gasteiger partial charge >= 0.3 is 5.97 Å². The van der Waals surface area contributed by atoms with E-state index in [0.717, 1.165) is 68.9 Å². The van der Waals surface area contributed by atoms with Crippen molar-refractivity contribution in [1.82, 2.24) is 15.7 Å². The van der Waals surface area contributed by atoms with Crippen LogP contribution >= 0.6 is 0 Å². The monoisotopic (exact) mass is 723 g/mol. The van der Waals surface area contributed by atoms with Gasteiger partial charge in [0.25, 0.3) is 0 Å². The first-order valence-corrected chi connectivity index (χ1v) is 19.9. The second kappa shape index (κ2) is 16.2. The van der Waals surface area contributed by atoms with Gasteiger partial charge in [0.2, 0.25) is 11.8 Å². The van der Waals surface area contributed by atoms with E-state index in [-0.39, 0.29) is 50.9 Å². The van der Waals surface area contributed by atoms with Crippen molar-refractivity contribution >= 4 is 23.9 Å². The quantitative estimate of drug-likeness (QED) is 0.114. The van der Waals surface area contributed by atoms with Crippen LogP contribution in [0.3, 0.4) is 0 Å². The van der Waals surface area contributed by atoms with E-state index in [1.54, 1.807) is 5.06 Å². The van der Waals surface area contributed by atoms with E-state index >= 15 is 0 Å². The van der Waals surface area contributed by atoms with Crippen molar-refractivity contribution in [3.05, 3.63) is 41.5 Å². The molecule has 286 valence electrons. The van der Waals surface area contributed by atoms with Crippen molar-refractivity contribution in [2.45, 2.75) is 152 Å². The Bertz CT molecular complexity index is 1460. The smallest absolute Gasteiger partial charge is 0.327 e. The van der Waals surface area contributed by atoms with Crippen LogP contribution < -0.4 is 10.6 Å². The number of aliphatic hydroxyl groups is 1. The predicted molar refractivity (Wildman–Crippen MR) is 191 cm³/mol. The number of amides is 2. The van der Waals surface area contributed by atoms with E-state index in [4.69, 9.17) is 28.9 Å². The molecule has 12 nitrogen and oxygen atoms in total. The number of benzene rings is 1. The molecule has 2 saturated carbocycles.